The van der Waals surface area contributed by atoms with Crippen molar-refractivity contribution < 1.29 is 0 Å². The average Bonchev–Trinajstić information content (AvgIpc) is 2.60. The Bertz CT molecular complexity index is 323. The van der Waals surface area contributed by atoms with Crippen molar-refractivity contribution in [2.75, 3.05) is 6.54 Å². The van der Waals surface area contributed by atoms with Crippen molar-refractivity contribution in [1.82, 2.24) is 5.32 Å². The third kappa shape index (κ3) is 3.56. The number of aryl methyl sites for hydroxylation is 1. The lowest BCUT2D eigenvalue weighted by molar-refractivity contribution is 0.334. The summed E-state index contributed by atoms with van der Waals surface area (Å²) in [5, 5.41) is 3.72. The highest BCUT2D eigenvalue weighted by Gasteiger charge is 2.24. The Morgan fingerprint density at radius 1 is 1.24 bits per heavy atom. The fraction of sp³-hybridized carbons (Fsp3) is 0.733. The molecule has 0 spiro atoms. The normalized spacial score (nSPS) is 20.1. The molecular formula is C15H25NS. The molecule has 1 nitrogen and oxygen atoms in total. The van der Waals surface area contributed by atoms with Crippen LogP contribution in [0.1, 0.15) is 61.2 Å². The SMILES string of the molecule is CCNC(c1ccc(C)s1)C1CCCCCC1. The Morgan fingerprint density at radius 3 is 2.47 bits per heavy atom. The number of rotatable bonds is 4. The lowest BCUT2D eigenvalue weighted by atomic mass is 9.91. The second-order valence-electron chi connectivity index (χ2n) is 5.24. The Labute approximate surface area is 110 Å². The van der Waals surface area contributed by atoms with Crippen molar-refractivity contribution in [3.8, 4) is 0 Å². The minimum absolute atomic E-state index is 0.608. The third-order valence-electron chi connectivity index (χ3n) is 3.86. The zero-order valence-electron chi connectivity index (χ0n) is 11.2. The molecule has 1 aromatic rings. The van der Waals surface area contributed by atoms with Crippen LogP contribution in [0, 0.1) is 12.8 Å². The third-order valence-corrected chi connectivity index (χ3v) is 4.95. The van der Waals surface area contributed by atoms with Gasteiger partial charge in [-0.25, -0.2) is 0 Å². The quantitative estimate of drug-likeness (QED) is 0.766. The Kier molecular flexibility index (Phi) is 5.05. The van der Waals surface area contributed by atoms with Gasteiger partial charge in [-0.15, -0.1) is 11.3 Å². The molecular weight excluding hydrogens is 226 g/mol. The largest absolute Gasteiger partial charge is 0.309 e. The van der Waals surface area contributed by atoms with Gasteiger partial charge in [0, 0.05) is 15.8 Å². The van der Waals surface area contributed by atoms with Gasteiger partial charge in [0.1, 0.15) is 0 Å². The van der Waals surface area contributed by atoms with Gasteiger partial charge in [-0.3, -0.25) is 0 Å². The molecule has 1 heterocycles. The van der Waals surface area contributed by atoms with Gasteiger partial charge >= 0.3 is 0 Å². The Hall–Kier alpha value is -0.340. The van der Waals surface area contributed by atoms with Gasteiger partial charge in [-0.1, -0.05) is 32.6 Å². The highest BCUT2D eigenvalue weighted by Crippen LogP contribution is 2.36. The minimum atomic E-state index is 0.608. The second kappa shape index (κ2) is 6.55. The van der Waals surface area contributed by atoms with Crippen LogP contribution in [0.25, 0.3) is 0 Å². The monoisotopic (exact) mass is 251 g/mol. The first kappa shape index (κ1) is 13.1. The Balaban J connectivity index is 2.09. The van der Waals surface area contributed by atoms with Crippen molar-refractivity contribution in [3.05, 3.63) is 21.9 Å². The molecule has 1 aliphatic rings. The summed E-state index contributed by atoms with van der Waals surface area (Å²) in [7, 11) is 0. The van der Waals surface area contributed by atoms with E-state index in [4.69, 9.17) is 0 Å². The van der Waals surface area contributed by atoms with E-state index in [0.717, 1.165) is 12.5 Å². The van der Waals surface area contributed by atoms with Crippen LogP contribution in [0.3, 0.4) is 0 Å². The predicted molar refractivity (Wildman–Crippen MR) is 76.7 cm³/mol. The van der Waals surface area contributed by atoms with Gasteiger partial charge < -0.3 is 5.32 Å². The lowest BCUT2D eigenvalue weighted by Crippen LogP contribution is -2.27. The number of nitrogens with one attached hydrogen (secondary N) is 1. The molecule has 1 unspecified atom stereocenters. The van der Waals surface area contributed by atoms with Gasteiger partial charge in [0.2, 0.25) is 0 Å². The topological polar surface area (TPSA) is 12.0 Å². The second-order valence-corrected chi connectivity index (χ2v) is 6.55. The molecule has 96 valence electrons. The van der Waals surface area contributed by atoms with Gasteiger partial charge in [-0.2, -0.15) is 0 Å². The van der Waals surface area contributed by atoms with Crippen LogP contribution in [-0.2, 0) is 0 Å². The van der Waals surface area contributed by atoms with Crippen molar-refractivity contribution >= 4 is 11.3 Å². The average molecular weight is 251 g/mol. The van der Waals surface area contributed by atoms with E-state index in [-0.39, 0.29) is 0 Å². The first-order valence-electron chi connectivity index (χ1n) is 7.11. The molecule has 1 aliphatic carbocycles. The molecule has 1 fully saturated rings. The van der Waals surface area contributed by atoms with E-state index in [0.29, 0.717) is 6.04 Å². The van der Waals surface area contributed by atoms with E-state index in [1.54, 1.807) is 4.88 Å². The van der Waals surface area contributed by atoms with E-state index < -0.39 is 0 Å². The predicted octanol–water partition coefficient (Wildman–Crippen LogP) is 4.68. The fourth-order valence-corrected chi connectivity index (χ4v) is 4.03. The van der Waals surface area contributed by atoms with Gasteiger partial charge in [0.25, 0.3) is 0 Å². The number of hydrogen-bond donors (Lipinski definition) is 1. The smallest absolute Gasteiger partial charge is 0.0443 e. The van der Waals surface area contributed by atoms with Gasteiger partial charge in [0.05, 0.1) is 0 Å². The van der Waals surface area contributed by atoms with E-state index in [1.165, 1.54) is 43.4 Å². The number of hydrogen-bond acceptors (Lipinski definition) is 2. The Morgan fingerprint density at radius 2 is 1.94 bits per heavy atom. The molecule has 0 radical (unpaired) electrons. The van der Waals surface area contributed by atoms with Crippen LogP contribution in [0.15, 0.2) is 12.1 Å². The molecule has 2 rings (SSSR count). The zero-order chi connectivity index (χ0) is 12.1. The number of thiophene rings is 1. The highest BCUT2D eigenvalue weighted by atomic mass is 32.1. The van der Waals surface area contributed by atoms with Crippen molar-refractivity contribution in [1.29, 1.82) is 0 Å². The molecule has 0 aliphatic heterocycles. The molecule has 1 atom stereocenters. The maximum absolute atomic E-state index is 3.72. The molecule has 2 heteroatoms. The summed E-state index contributed by atoms with van der Waals surface area (Å²) in [6.45, 7) is 5.52. The molecule has 17 heavy (non-hydrogen) atoms. The summed E-state index contributed by atoms with van der Waals surface area (Å²) >= 11 is 1.97. The molecule has 0 aromatic carbocycles. The van der Waals surface area contributed by atoms with Crippen LogP contribution < -0.4 is 5.32 Å². The minimum Gasteiger partial charge on any atom is -0.309 e. The van der Waals surface area contributed by atoms with Crippen LogP contribution in [0.4, 0.5) is 0 Å². The lowest BCUT2D eigenvalue weighted by Gasteiger charge is -2.26. The van der Waals surface area contributed by atoms with E-state index in [9.17, 15) is 0 Å². The molecule has 1 N–H and O–H groups in total. The maximum Gasteiger partial charge on any atom is 0.0443 e. The molecule has 1 aromatic heterocycles. The zero-order valence-corrected chi connectivity index (χ0v) is 12.0. The van der Waals surface area contributed by atoms with Crippen molar-refractivity contribution in [3.63, 3.8) is 0 Å². The summed E-state index contributed by atoms with van der Waals surface area (Å²) < 4.78 is 0. The molecule has 1 saturated carbocycles. The van der Waals surface area contributed by atoms with Crippen LogP contribution in [0.5, 0.6) is 0 Å². The first-order chi connectivity index (χ1) is 8.31. The summed E-state index contributed by atoms with van der Waals surface area (Å²) in [5.74, 6) is 0.857. The standard InChI is InChI=1S/C15H25NS/c1-3-16-15(14-11-10-12(2)17-14)13-8-6-4-5-7-9-13/h10-11,13,15-16H,3-9H2,1-2H3. The summed E-state index contributed by atoms with van der Waals surface area (Å²) in [6.07, 6.45) is 8.56. The van der Waals surface area contributed by atoms with Crippen molar-refractivity contribution in [2.45, 2.75) is 58.4 Å². The summed E-state index contributed by atoms with van der Waals surface area (Å²) in [6, 6.07) is 5.20. The van der Waals surface area contributed by atoms with Gasteiger partial charge in [0.15, 0.2) is 0 Å². The first-order valence-corrected chi connectivity index (χ1v) is 7.92. The summed E-state index contributed by atoms with van der Waals surface area (Å²) in [4.78, 5) is 2.99. The molecule has 0 bridgehead atoms. The highest BCUT2D eigenvalue weighted by molar-refractivity contribution is 7.12. The molecule has 0 amide bonds. The van der Waals surface area contributed by atoms with Crippen LogP contribution >= 0.6 is 11.3 Å². The van der Waals surface area contributed by atoms with Gasteiger partial charge in [-0.05, 0) is 44.4 Å². The van der Waals surface area contributed by atoms with E-state index in [2.05, 4.69) is 31.3 Å². The van der Waals surface area contributed by atoms with E-state index in [1.807, 2.05) is 11.3 Å². The fourth-order valence-electron chi connectivity index (χ4n) is 2.98. The maximum atomic E-state index is 3.72. The van der Waals surface area contributed by atoms with Crippen LogP contribution in [0.2, 0.25) is 0 Å². The van der Waals surface area contributed by atoms with Crippen LogP contribution in [-0.4, -0.2) is 6.54 Å². The molecule has 0 saturated heterocycles. The summed E-state index contributed by atoms with van der Waals surface area (Å²) in [5.41, 5.74) is 0. The van der Waals surface area contributed by atoms with Crippen molar-refractivity contribution in [2.24, 2.45) is 5.92 Å². The van der Waals surface area contributed by atoms with E-state index >= 15 is 0 Å².